The molecule has 0 aromatic rings. The molecular formula is C2H4NaO2-. The van der Waals surface area contributed by atoms with Crippen LogP contribution in [0.5, 0.6) is 0 Å². The van der Waals surface area contributed by atoms with Crippen LogP contribution in [0.25, 0.3) is 0 Å². The largest absolute Gasteiger partial charge is 1.00 e. The van der Waals surface area contributed by atoms with Crippen LogP contribution in [-0.2, 0) is 4.79 Å². The van der Waals surface area contributed by atoms with E-state index >= 15 is 0 Å². The van der Waals surface area contributed by atoms with Crippen molar-refractivity contribution in [3.05, 3.63) is 0 Å². The molecular weight excluding hydrogens is 79.0 g/mol. The Morgan fingerprint density at radius 1 is 1.60 bits per heavy atom. The Hall–Kier alpha value is 0.630. The maximum absolute atomic E-state index is 8.68. The van der Waals surface area contributed by atoms with Crippen LogP contribution < -0.4 is 29.6 Å². The van der Waals surface area contributed by atoms with Crippen molar-refractivity contribution in [3.8, 4) is 0 Å². The van der Waals surface area contributed by atoms with Gasteiger partial charge >= 0.3 is 29.6 Å². The van der Waals surface area contributed by atoms with Gasteiger partial charge in [0.1, 0.15) is 0 Å². The third-order valence-electron chi connectivity index (χ3n) is 0. The van der Waals surface area contributed by atoms with Gasteiger partial charge in [0, 0.05) is 0 Å². The van der Waals surface area contributed by atoms with E-state index in [-0.39, 0.29) is 35.0 Å². The Balaban J connectivity index is -0.0000000200. The van der Waals surface area contributed by atoms with Gasteiger partial charge in [0.05, 0.1) is 0 Å². The quantitative estimate of drug-likeness (QED) is 0.230. The minimum absolute atomic E-state index is 0. The minimum atomic E-state index is 0. The van der Waals surface area contributed by atoms with Crippen LogP contribution in [0.4, 0.5) is 0 Å². The number of hydrogen-bond acceptors (Lipinski definition) is 2. The molecule has 0 rings (SSSR count). The van der Waals surface area contributed by atoms with E-state index in [1.807, 2.05) is 0 Å². The maximum Gasteiger partial charge on any atom is 1.00 e. The smallest absolute Gasteiger partial charge is 0.870 e. The first-order valence-electron chi connectivity index (χ1n) is 0.704. The minimum Gasteiger partial charge on any atom is -0.870 e. The first-order chi connectivity index (χ1) is 1.41. The molecule has 0 bridgehead atoms. The summed E-state index contributed by atoms with van der Waals surface area (Å²) in [5.41, 5.74) is 0. The van der Waals surface area contributed by atoms with Gasteiger partial charge in [-0.3, -0.25) is 6.29 Å². The molecule has 0 saturated heterocycles. The van der Waals surface area contributed by atoms with Gasteiger partial charge in [0.15, 0.2) is 0 Å². The summed E-state index contributed by atoms with van der Waals surface area (Å²) in [6.07, 6.45) is 1.50. The molecule has 0 heterocycles. The number of hydrogen-bond donors (Lipinski definition) is 0. The van der Waals surface area contributed by atoms with Crippen LogP contribution in [0.1, 0.15) is 6.92 Å². The molecule has 0 saturated carbocycles. The van der Waals surface area contributed by atoms with Crippen molar-refractivity contribution in [2.45, 2.75) is 6.92 Å². The molecule has 0 radical (unpaired) electrons. The molecule has 0 atom stereocenters. The third-order valence-corrected chi connectivity index (χ3v) is 0. The average molecular weight is 83.0 g/mol. The molecule has 0 fully saturated rings. The SMILES string of the molecule is C[C-]=O.[Na+].[OH-]. The summed E-state index contributed by atoms with van der Waals surface area (Å²) in [6.45, 7) is 1.32. The Morgan fingerprint density at radius 2 is 1.60 bits per heavy atom. The van der Waals surface area contributed by atoms with E-state index in [9.17, 15) is 0 Å². The van der Waals surface area contributed by atoms with Gasteiger partial charge in [-0.15, -0.1) is 0 Å². The molecule has 0 aliphatic rings. The van der Waals surface area contributed by atoms with Gasteiger partial charge in [-0.2, -0.15) is 6.92 Å². The Labute approximate surface area is 53.2 Å². The van der Waals surface area contributed by atoms with Crippen molar-refractivity contribution in [1.29, 1.82) is 0 Å². The number of carbonyl (C=O) groups excluding carboxylic acids is 1. The number of rotatable bonds is 0. The van der Waals surface area contributed by atoms with Crippen LogP contribution in [0.3, 0.4) is 0 Å². The van der Waals surface area contributed by atoms with E-state index in [1.54, 1.807) is 0 Å². The summed E-state index contributed by atoms with van der Waals surface area (Å²) in [6, 6.07) is 0. The zero-order chi connectivity index (χ0) is 2.71. The molecule has 26 valence electrons. The first-order valence-corrected chi connectivity index (χ1v) is 0.704. The molecule has 0 aliphatic carbocycles. The van der Waals surface area contributed by atoms with Gasteiger partial charge in [0.25, 0.3) is 0 Å². The second-order valence-electron chi connectivity index (χ2n) is 0.204. The first kappa shape index (κ1) is 17.4. The van der Waals surface area contributed by atoms with Gasteiger partial charge in [0.2, 0.25) is 0 Å². The molecule has 0 unspecified atom stereocenters. The maximum atomic E-state index is 8.68. The van der Waals surface area contributed by atoms with Crippen LogP contribution >= 0.6 is 0 Å². The molecule has 0 aliphatic heterocycles. The summed E-state index contributed by atoms with van der Waals surface area (Å²) in [7, 11) is 0. The zero-order valence-corrected chi connectivity index (χ0v) is 5.36. The van der Waals surface area contributed by atoms with Crippen molar-refractivity contribution in [2.24, 2.45) is 0 Å². The summed E-state index contributed by atoms with van der Waals surface area (Å²) < 4.78 is 0. The van der Waals surface area contributed by atoms with Gasteiger partial charge in [-0.05, 0) is 0 Å². The topological polar surface area (TPSA) is 47.1 Å². The van der Waals surface area contributed by atoms with Crippen LogP contribution in [0.2, 0.25) is 0 Å². The summed E-state index contributed by atoms with van der Waals surface area (Å²) >= 11 is 0. The van der Waals surface area contributed by atoms with Crippen molar-refractivity contribution >= 4 is 6.29 Å². The van der Waals surface area contributed by atoms with E-state index in [4.69, 9.17) is 4.79 Å². The van der Waals surface area contributed by atoms with Crippen molar-refractivity contribution in [2.75, 3.05) is 0 Å². The Bertz CT molecular complexity index is 15.1. The predicted molar refractivity (Wildman–Crippen MR) is 13.3 cm³/mol. The van der Waals surface area contributed by atoms with Gasteiger partial charge in [-0.25, -0.2) is 0 Å². The normalized spacial score (nSPS) is 2.60. The zero-order valence-electron chi connectivity index (χ0n) is 3.36. The second-order valence-corrected chi connectivity index (χ2v) is 0.204. The Morgan fingerprint density at radius 3 is 1.60 bits per heavy atom. The second kappa shape index (κ2) is 23.0. The Kier molecular flexibility index (Phi) is 80.1. The van der Waals surface area contributed by atoms with Crippen LogP contribution in [0, 0.1) is 0 Å². The fraction of sp³-hybridized carbons (Fsp3) is 0.500. The fourth-order valence-corrected chi connectivity index (χ4v) is 0. The van der Waals surface area contributed by atoms with Crippen molar-refractivity contribution in [3.63, 3.8) is 0 Å². The fourth-order valence-electron chi connectivity index (χ4n) is 0. The van der Waals surface area contributed by atoms with Crippen molar-refractivity contribution in [1.82, 2.24) is 0 Å². The van der Waals surface area contributed by atoms with Crippen molar-refractivity contribution < 1.29 is 39.8 Å². The standard InChI is InChI=1S/C2H3O.Na.H2O/c1-2-3;;/h1H3;;1H2/q-1;+1;/p-1. The molecule has 1 N–H and O–H groups in total. The van der Waals surface area contributed by atoms with Crippen LogP contribution in [0.15, 0.2) is 0 Å². The van der Waals surface area contributed by atoms with E-state index in [2.05, 4.69) is 0 Å². The molecule has 0 spiro atoms. The molecule has 3 heteroatoms. The summed E-state index contributed by atoms with van der Waals surface area (Å²) in [4.78, 5) is 8.68. The third kappa shape index (κ3) is 80.7. The van der Waals surface area contributed by atoms with Crippen LogP contribution in [-0.4, -0.2) is 11.8 Å². The van der Waals surface area contributed by atoms with E-state index < -0.39 is 0 Å². The molecule has 0 aromatic carbocycles. The monoisotopic (exact) mass is 83.0 g/mol. The molecule has 0 aromatic heterocycles. The molecule has 5 heavy (non-hydrogen) atoms. The van der Waals surface area contributed by atoms with E-state index in [0.29, 0.717) is 0 Å². The van der Waals surface area contributed by atoms with Gasteiger partial charge < -0.3 is 10.3 Å². The average Bonchev–Trinajstić information content (AvgIpc) is 0.918. The van der Waals surface area contributed by atoms with E-state index in [0.717, 1.165) is 0 Å². The van der Waals surface area contributed by atoms with E-state index in [1.165, 1.54) is 13.2 Å². The predicted octanol–water partition coefficient (Wildman–Crippen LogP) is -3.06. The molecule has 2 nitrogen and oxygen atoms in total. The van der Waals surface area contributed by atoms with Gasteiger partial charge in [-0.1, -0.05) is 0 Å². The molecule has 0 amide bonds. The summed E-state index contributed by atoms with van der Waals surface area (Å²) in [5, 5.41) is 0. The summed E-state index contributed by atoms with van der Waals surface area (Å²) in [5.74, 6) is 0.